The maximum atomic E-state index is 12.1. The fourth-order valence-electron chi connectivity index (χ4n) is 2.19. The van der Waals surface area contributed by atoms with Crippen LogP contribution < -0.4 is 15.8 Å². The minimum atomic E-state index is -0.417. The van der Waals surface area contributed by atoms with Gasteiger partial charge in [-0.25, -0.2) is 0 Å². The van der Waals surface area contributed by atoms with Crippen molar-refractivity contribution < 1.29 is 14.3 Å². The van der Waals surface area contributed by atoms with E-state index in [1.807, 2.05) is 25.1 Å². The first-order valence-electron chi connectivity index (χ1n) is 6.45. The zero-order valence-electron chi connectivity index (χ0n) is 11.7. The van der Waals surface area contributed by atoms with Crippen molar-refractivity contribution in [3.63, 3.8) is 0 Å². The number of ether oxygens (including phenoxy) is 2. The van der Waals surface area contributed by atoms with E-state index in [0.29, 0.717) is 24.4 Å². The summed E-state index contributed by atoms with van der Waals surface area (Å²) in [7, 11) is 1.58. The SMILES string of the molecule is COc1cc(C)ccc1NC(=O)[C@@H]1CC[C@H](CN)O1.Cl. The van der Waals surface area contributed by atoms with E-state index in [4.69, 9.17) is 15.2 Å². The third-order valence-corrected chi connectivity index (χ3v) is 3.28. The first-order chi connectivity index (χ1) is 9.13. The quantitative estimate of drug-likeness (QED) is 0.890. The molecule has 0 spiro atoms. The Morgan fingerprint density at radius 1 is 1.50 bits per heavy atom. The molecule has 1 fully saturated rings. The Bertz CT molecular complexity index is 468. The zero-order valence-corrected chi connectivity index (χ0v) is 12.5. The predicted octanol–water partition coefficient (Wildman–Crippen LogP) is 1.87. The van der Waals surface area contributed by atoms with Crippen LogP contribution in [0.15, 0.2) is 18.2 Å². The van der Waals surface area contributed by atoms with Crippen molar-refractivity contribution >= 4 is 24.0 Å². The van der Waals surface area contributed by atoms with E-state index in [2.05, 4.69) is 5.32 Å². The topological polar surface area (TPSA) is 73.6 Å². The number of benzene rings is 1. The van der Waals surface area contributed by atoms with Crippen LogP contribution in [0, 0.1) is 6.92 Å². The molecule has 3 N–H and O–H groups in total. The second-order valence-corrected chi connectivity index (χ2v) is 4.75. The third-order valence-electron chi connectivity index (χ3n) is 3.28. The van der Waals surface area contributed by atoms with Crippen LogP contribution in [0.2, 0.25) is 0 Å². The lowest BCUT2D eigenvalue weighted by molar-refractivity contribution is -0.126. The molecule has 2 atom stereocenters. The molecular weight excluding hydrogens is 280 g/mol. The summed E-state index contributed by atoms with van der Waals surface area (Å²) < 4.78 is 10.8. The number of anilines is 1. The van der Waals surface area contributed by atoms with Crippen LogP contribution in [0.4, 0.5) is 5.69 Å². The Labute approximate surface area is 125 Å². The van der Waals surface area contributed by atoms with Gasteiger partial charge in [0, 0.05) is 6.54 Å². The molecular formula is C14H21ClN2O3. The van der Waals surface area contributed by atoms with Gasteiger partial charge in [0.1, 0.15) is 11.9 Å². The van der Waals surface area contributed by atoms with Gasteiger partial charge in [0.25, 0.3) is 5.91 Å². The second kappa shape index (κ2) is 7.47. The van der Waals surface area contributed by atoms with Gasteiger partial charge in [-0.05, 0) is 37.5 Å². The summed E-state index contributed by atoms with van der Waals surface area (Å²) in [6.07, 6.45) is 1.12. The summed E-state index contributed by atoms with van der Waals surface area (Å²) in [6, 6.07) is 5.64. The Morgan fingerprint density at radius 3 is 2.85 bits per heavy atom. The second-order valence-electron chi connectivity index (χ2n) is 4.75. The van der Waals surface area contributed by atoms with Gasteiger partial charge in [-0.2, -0.15) is 0 Å². The van der Waals surface area contributed by atoms with Gasteiger partial charge in [-0.15, -0.1) is 12.4 Å². The molecule has 1 aliphatic heterocycles. The number of methoxy groups -OCH3 is 1. The summed E-state index contributed by atoms with van der Waals surface area (Å²) in [5.41, 5.74) is 7.28. The smallest absolute Gasteiger partial charge is 0.253 e. The number of nitrogens with one attached hydrogen (secondary N) is 1. The number of amides is 1. The molecule has 0 bridgehead atoms. The van der Waals surface area contributed by atoms with Crippen molar-refractivity contribution in [3.05, 3.63) is 23.8 Å². The van der Waals surface area contributed by atoms with E-state index in [0.717, 1.165) is 12.0 Å². The highest BCUT2D eigenvalue weighted by atomic mass is 35.5. The molecule has 1 aromatic rings. The van der Waals surface area contributed by atoms with E-state index < -0.39 is 6.10 Å². The molecule has 0 unspecified atom stereocenters. The molecule has 6 heteroatoms. The maximum absolute atomic E-state index is 12.1. The van der Waals surface area contributed by atoms with Crippen molar-refractivity contribution in [3.8, 4) is 5.75 Å². The lowest BCUT2D eigenvalue weighted by Crippen LogP contribution is -2.29. The number of aryl methyl sites for hydroxylation is 1. The number of halogens is 1. The van der Waals surface area contributed by atoms with Crippen molar-refractivity contribution in [2.24, 2.45) is 5.73 Å². The summed E-state index contributed by atoms with van der Waals surface area (Å²) in [6.45, 7) is 2.43. The first kappa shape index (κ1) is 16.8. The van der Waals surface area contributed by atoms with Crippen molar-refractivity contribution in [1.29, 1.82) is 0 Å². The first-order valence-corrected chi connectivity index (χ1v) is 6.45. The summed E-state index contributed by atoms with van der Waals surface area (Å²) >= 11 is 0. The average molecular weight is 301 g/mol. The maximum Gasteiger partial charge on any atom is 0.253 e. The van der Waals surface area contributed by atoms with Crippen molar-refractivity contribution in [2.45, 2.75) is 32.0 Å². The fraction of sp³-hybridized carbons (Fsp3) is 0.500. The number of hydrogen-bond acceptors (Lipinski definition) is 4. The zero-order chi connectivity index (χ0) is 13.8. The Kier molecular flexibility index (Phi) is 6.26. The minimum Gasteiger partial charge on any atom is -0.495 e. The van der Waals surface area contributed by atoms with Gasteiger partial charge >= 0.3 is 0 Å². The van der Waals surface area contributed by atoms with Gasteiger partial charge < -0.3 is 20.5 Å². The Morgan fingerprint density at radius 2 is 2.25 bits per heavy atom. The van der Waals surface area contributed by atoms with Gasteiger partial charge in [0.15, 0.2) is 0 Å². The minimum absolute atomic E-state index is 0. The number of hydrogen-bond donors (Lipinski definition) is 2. The molecule has 5 nitrogen and oxygen atoms in total. The van der Waals surface area contributed by atoms with Crippen LogP contribution in [-0.2, 0) is 9.53 Å². The van der Waals surface area contributed by atoms with Crippen LogP contribution >= 0.6 is 12.4 Å². The molecule has 112 valence electrons. The summed E-state index contributed by atoms with van der Waals surface area (Å²) in [5.74, 6) is 0.514. The molecule has 0 aromatic heterocycles. The van der Waals surface area contributed by atoms with Gasteiger partial charge in [-0.3, -0.25) is 4.79 Å². The fourth-order valence-corrected chi connectivity index (χ4v) is 2.19. The van der Waals surface area contributed by atoms with E-state index in [-0.39, 0.29) is 24.4 Å². The van der Waals surface area contributed by atoms with Crippen LogP contribution in [0.1, 0.15) is 18.4 Å². The highest BCUT2D eigenvalue weighted by Gasteiger charge is 2.30. The molecule has 0 saturated carbocycles. The molecule has 1 aromatic carbocycles. The lowest BCUT2D eigenvalue weighted by Gasteiger charge is -2.15. The largest absolute Gasteiger partial charge is 0.495 e. The summed E-state index contributed by atoms with van der Waals surface area (Å²) in [5, 5.41) is 2.85. The number of nitrogens with two attached hydrogens (primary N) is 1. The van der Waals surface area contributed by atoms with E-state index in [1.165, 1.54) is 0 Å². The molecule has 1 heterocycles. The van der Waals surface area contributed by atoms with Crippen LogP contribution in [0.3, 0.4) is 0 Å². The third kappa shape index (κ3) is 3.85. The van der Waals surface area contributed by atoms with E-state index in [1.54, 1.807) is 7.11 Å². The number of rotatable bonds is 4. The molecule has 1 saturated heterocycles. The van der Waals surface area contributed by atoms with E-state index >= 15 is 0 Å². The predicted molar refractivity (Wildman–Crippen MR) is 80.6 cm³/mol. The summed E-state index contributed by atoms with van der Waals surface area (Å²) in [4.78, 5) is 12.1. The van der Waals surface area contributed by atoms with Crippen LogP contribution in [0.5, 0.6) is 5.75 Å². The van der Waals surface area contributed by atoms with Crippen molar-refractivity contribution in [2.75, 3.05) is 19.0 Å². The molecule has 1 amide bonds. The van der Waals surface area contributed by atoms with Gasteiger partial charge in [-0.1, -0.05) is 6.07 Å². The lowest BCUT2D eigenvalue weighted by atomic mass is 10.1. The standard InChI is InChI=1S/C14H20N2O3.ClH/c1-9-3-5-11(13(7-9)18-2)16-14(17)12-6-4-10(8-15)19-12;/h3,5,7,10,12H,4,6,8,15H2,1-2H3,(H,16,17);1H/t10-,12+;/m1./s1. The molecule has 1 aliphatic rings. The molecule has 2 rings (SSSR count). The van der Waals surface area contributed by atoms with Gasteiger partial charge in [0.2, 0.25) is 0 Å². The number of carbonyl (C=O) groups excluding carboxylic acids is 1. The molecule has 0 radical (unpaired) electrons. The Hall–Kier alpha value is -1.30. The highest BCUT2D eigenvalue weighted by Crippen LogP contribution is 2.27. The molecule has 20 heavy (non-hydrogen) atoms. The van der Waals surface area contributed by atoms with E-state index in [9.17, 15) is 4.79 Å². The molecule has 0 aliphatic carbocycles. The average Bonchev–Trinajstić information content (AvgIpc) is 2.89. The highest BCUT2D eigenvalue weighted by molar-refractivity contribution is 5.95. The normalized spacial score (nSPS) is 21.1. The van der Waals surface area contributed by atoms with Crippen molar-refractivity contribution in [1.82, 2.24) is 0 Å². The van der Waals surface area contributed by atoms with Gasteiger partial charge in [0.05, 0.1) is 18.9 Å². The monoisotopic (exact) mass is 300 g/mol. The van der Waals surface area contributed by atoms with Crippen LogP contribution in [-0.4, -0.2) is 31.8 Å². The number of carbonyl (C=O) groups is 1. The van der Waals surface area contributed by atoms with Crippen LogP contribution in [0.25, 0.3) is 0 Å². The Balaban J connectivity index is 0.00000200.